The summed E-state index contributed by atoms with van der Waals surface area (Å²) < 4.78 is 5.74. The van der Waals surface area contributed by atoms with Crippen LogP contribution in [0.5, 0.6) is 5.75 Å². The first-order valence-corrected chi connectivity index (χ1v) is 13.1. The van der Waals surface area contributed by atoms with Gasteiger partial charge in [-0.25, -0.2) is 0 Å². The Labute approximate surface area is 190 Å². The molecule has 0 saturated heterocycles. The maximum Gasteiger partial charge on any atom is 0.119 e. The Balaban J connectivity index is 1.32. The van der Waals surface area contributed by atoms with Crippen LogP contribution in [-0.4, -0.2) is 6.61 Å². The van der Waals surface area contributed by atoms with Crippen LogP contribution in [0, 0.1) is 17.8 Å². The van der Waals surface area contributed by atoms with E-state index in [4.69, 9.17) is 4.74 Å². The van der Waals surface area contributed by atoms with Crippen molar-refractivity contribution in [1.29, 1.82) is 0 Å². The van der Waals surface area contributed by atoms with Gasteiger partial charge in [0.05, 0.1) is 6.61 Å². The molecule has 0 bridgehead atoms. The molecule has 0 N–H and O–H groups in total. The van der Waals surface area contributed by atoms with Crippen molar-refractivity contribution in [2.45, 2.75) is 90.9 Å². The van der Waals surface area contributed by atoms with Crippen molar-refractivity contribution in [3.8, 4) is 16.9 Å². The van der Waals surface area contributed by atoms with Crippen LogP contribution in [0.25, 0.3) is 11.1 Å². The second kappa shape index (κ2) is 11.2. The Morgan fingerprint density at radius 1 is 0.742 bits per heavy atom. The highest BCUT2D eigenvalue weighted by Gasteiger charge is 2.30. The lowest BCUT2D eigenvalue weighted by molar-refractivity contribution is 0.183. The summed E-state index contributed by atoms with van der Waals surface area (Å²) >= 11 is 0. The molecular formula is C30H42O. The SMILES string of the molecule is CCCCCC1CCC(C2CCc3cc(-c4ccc(OCCC)cc4)ccc3C2)CC1. The minimum Gasteiger partial charge on any atom is -0.494 e. The second-order valence-corrected chi connectivity index (χ2v) is 10.1. The summed E-state index contributed by atoms with van der Waals surface area (Å²) in [5.41, 5.74) is 5.86. The van der Waals surface area contributed by atoms with Gasteiger partial charge in [0.2, 0.25) is 0 Å². The lowest BCUT2D eigenvalue weighted by Crippen LogP contribution is -2.26. The van der Waals surface area contributed by atoms with Crippen LogP contribution in [0.3, 0.4) is 0 Å². The molecule has 1 nitrogen and oxygen atoms in total. The average Bonchev–Trinajstić information content (AvgIpc) is 2.83. The third kappa shape index (κ3) is 5.93. The topological polar surface area (TPSA) is 9.23 Å². The zero-order valence-corrected chi connectivity index (χ0v) is 19.9. The zero-order valence-electron chi connectivity index (χ0n) is 19.9. The molecule has 1 atom stereocenters. The van der Waals surface area contributed by atoms with Gasteiger partial charge in [-0.3, -0.25) is 0 Å². The molecule has 0 spiro atoms. The van der Waals surface area contributed by atoms with Crippen LogP contribution >= 0.6 is 0 Å². The third-order valence-electron chi connectivity index (χ3n) is 7.91. The quantitative estimate of drug-likeness (QED) is 0.370. The minimum atomic E-state index is 0.792. The molecule has 31 heavy (non-hydrogen) atoms. The molecule has 1 saturated carbocycles. The van der Waals surface area contributed by atoms with E-state index in [9.17, 15) is 0 Å². The number of hydrogen-bond donors (Lipinski definition) is 0. The van der Waals surface area contributed by atoms with Crippen molar-refractivity contribution in [2.75, 3.05) is 6.61 Å². The summed E-state index contributed by atoms with van der Waals surface area (Å²) in [5, 5.41) is 0. The maximum atomic E-state index is 5.74. The lowest BCUT2D eigenvalue weighted by atomic mass is 9.69. The van der Waals surface area contributed by atoms with Crippen LogP contribution in [0.1, 0.15) is 89.2 Å². The minimum absolute atomic E-state index is 0.792. The number of benzene rings is 2. The first-order chi connectivity index (χ1) is 15.3. The Kier molecular flexibility index (Phi) is 8.11. The van der Waals surface area contributed by atoms with E-state index < -0.39 is 0 Å². The largest absolute Gasteiger partial charge is 0.494 e. The molecule has 2 aromatic rings. The molecule has 2 aliphatic rings. The van der Waals surface area contributed by atoms with Gasteiger partial charge in [-0.05, 0) is 90.7 Å². The summed E-state index contributed by atoms with van der Waals surface area (Å²) in [7, 11) is 0. The summed E-state index contributed by atoms with van der Waals surface area (Å²) in [6.45, 7) is 5.26. The summed E-state index contributed by atoms with van der Waals surface area (Å²) in [6, 6.07) is 15.9. The number of fused-ring (bicyclic) bond motifs is 1. The predicted molar refractivity (Wildman–Crippen MR) is 133 cm³/mol. The van der Waals surface area contributed by atoms with Gasteiger partial charge in [-0.1, -0.05) is 82.7 Å². The Bertz CT molecular complexity index is 798. The molecule has 0 heterocycles. The smallest absolute Gasteiger partial charge is 0.119 e. The van der Waals surface area contributed by atoms with Gasteiger partial charge in [0.15, 0.2) is 0 Å². The molecule has 0 amide bonds. The fraction of sp³-hybridized carbons (Fsp3) is 0.600. The number of aryl methyl sites for hydroxylation is 1. The molecule has 168 valence electrons. The average molecular weight is 419 g/mol. The molecule has 4 rings (SSSR count). The van der Waals surface area contributed by atoms with E-state index in [1.165, 1.54) is 81.8 Å². The summed E-state index contributed by atoms with van der Waals surface area (Å²) in [4.78, 5) is 0. The van der Waals surface area contributed by atoms with E-state index in [0.29, 0.717) is 0 Å². The van der Waals surface area contributed by atoms with E-state index >= 15 is 0 Å². The van der Waals surface area contributed by atoms with Gasteiger partial charge >= 0.3 is 0 Å². The molecule has 0 aromatic heterocycles. The van der Waals surface area contributed by atoms with Gasteiger partial charge in [0, 0.05) is 0 Å². The highest BCUT2D eigenvalue weighted by atomic mass is 16.5. The van der Waals surface area contributed by atoms with E-state index in [1.807, 2.05) is 0 Å². The predicted octanol–water partition coefficient (Wildman–Crippen LogP) is 8.63. The number of rotatable bonds is 9. The van der Waals surface area contributed by atoms with Crippen LogP contribution in [0.15, 0.2) is 42.5 Å². The van der Waals surface area contributed by atoms with E-state index in [2.05, 4.69) is 56.3 Å². The summed E-state index contributed by atoms with van der Waals surface area (Å²) in [5.74, 6) is 3.90. The normalized spacial score (nSPS) is 23.4. The molecule has 0 aliphatic heterocycles. The fourth-order valence-electron chi connectivity index (χ4n) is 5.96. The first kappa shape index (κ1) is 22.4. The van der Waals surface area contributed by atoms with Crippen LogP contribution in [0.4, 0.5) is 0 Å². The van der Waals surface area contributed by atoms with Gasteiger partial charge in [-0.2, -0.15) is 0 Å². The van der Waals surface area contributed by atoms with Gasteiger partial charge in [0.25, 0.3) is 0 Å². The van der Waals surface area contributed by atoms with Crippen LogP contribution in [-0.2, 0) is 12.8 Å². The van der Waals surface area contributed by atoms with Crippen molar-refractivity contribution in [3.63, 3.8) is 0 Å². The molecule has 1 heteroatoms. The van der Waals surface area contributed by atoms with Crippen LogP contribution < -0.4 is 4.74 Å². The first-order valence-electron chi connectivity index (χ1n) is 13.1. The molecule has 1 unspecified atom stereocenters. The zero-order chi connectivity index (χ0) is 21.5. The van der Waals surface area contributed by atoms with Gasteiger partial charge < -0.3 is 4.74 Å². The van der Waals surface area contributed by atoms with E-state index in [0.717, 1.165) is 36.5 Å². The van der Waals surface area contributed by atoms with E-state index in [1.54, 1.807) is 11.1 Å². The van der Waals surface area contributed by atoms with Crippen molar-refractivity contribution in [1.82, 2.24) is 0 Å². The molecule has 0 radical (unpaired) electrons. The molecular weight excluding hydrogens is 376 g/mol. The fourth-order valence-corrected chi connectivity index (χ4v) is 5.96. The Hall–Kier alpha value is -1.76. The van der Waals surface area contributed by atoms with Crippen LogP contribution in [0.2, 0.25) is 0 Å². The second-order valence-electron chi connectivity index (χ2n) is 10.1. The number of unbranched alkanes of at least 4 members (excludes halogenated alkanes) is 2. The third-order valence-corrected chi connectivity index (χ3v) is 7.91. The number of hydrogen-bond acceptors (Lipinski definition) is 1. The Morgan fingerprint density at radius 2 is 1.52 bits per heavy atom. The number of ether oxygens (including phenoxy) is 1. The van der Waals surface area contributed by atoms with Crippen molar-refractivity contribution in [2.24, 2.45) is 17.8 Å². The highest BCUT2D eigenvalue weighted by Crippen LogP contribution is 2.41. The van der Waals surface area contributed by atoms with E-state index in [-0.39, 0.29) is 0 Å². The highest BCUT2D eigenvalue weighted by molar-refractivity contribution is 5.66. The monoisotopic (exact) mass is 418 g/mol. The van der Waals surface area contributed by atoms with Crippen molar-refractivity contribution < 1.29 is 4.74 Å². The van der Waals surface area contributed by atoms with Gasteiger partial charge in [0.1, 0.15) is 5.75 Å². The summed E-state index contributed by atoms with van der Waals surface area (Å²) in [6.07, 6.45) is 16.7. The Morgan fingerprint density at radius 3 is 2.26 bits per heavy atom. The van der Waals surface area contributed by atoms with Crippen molar-refractivity contribution in [3.05, 3.63) is 53.6 Å². The lowest BCUT2D eigenvalue weighted by Gasteiger charge is -2.36. The standard InChI is InChI=1S/C30H42O/c1-3-5-6-7-23-8-10-24(11-9-23)26-12-14-29-22-27(13-15-28(29)21-26)25-16-18-30(19-17-25)31-20-4-2/h13,15-19,22-24,26H,3-12,14,20-21H2,1-2H3. The van der Waals surface area contributed by atoms with Gasteiger partial charge in [-0.15, -0.1) is 0 Å². The molecule has 2 aromatic carbocycles. The molecule has 1 fully saturated rings. The molecule has 2 aliphatic carbocycles. The van der Waals surface area contributed by atoms with Crippen molar-refractivity contribution >= 4 is 0 Å². The maximum absolute atomic E-state index is 5.74.